The van der Waals surface area contributed by atoms with Crippen molar-refractivity contribution in [1.29, 1.82) is 0 Å². The van der Waals surface area contributed by atoms with E-state index in [2.05, 4.69) is 24.3 Å². The summed E-state index contributed by atoms with van der Waals surface area (Å²) < 4.78 is 17.4. The smallest absolute Gasteiger partial charge is 0.178 e. The number of methoxy groups -OCH3 is 1. The summed E-state index contributed by atoms with van der Waals surface area (Å²) in [5.41, 5.74) is 3.34. The lowest BCUT2D eigenvalue weighted by Gasteiger charge is -2.18. The van der Waals surface area contributed by atoms with Crippen LogP contribution in [0.3, 0.4) is 0 Å². The number of hydrogen-bond acceptors (Lipinski definition) is 5. The molecule has 0 aromatic heterocycles. The molecule has 1 aliphatic carbocycles. The molecular formula is C27H30O5. The minimum absolute atomic E-state index is 0.125. The molecule has 5 nitrogen and oxygen atoms in total. The van der Waals surface area contributed by atoms with E-state index in [-0.39, 0.29) is 12.2 Å². The fourth-order valence-electron chi connectivity index (χ4n) is 4.10. The molecule has 168 valence electrons. The molecule has 32 heavy (non-hydrogen) atoms. The molecule has 1 aliphatic rings. The topological polar surface area (TPSA) is 68.2 Å². The van der Waals surface area contributed by atoms with Gasteiger partial charge in [0.25, 0.3) is 0 Å². The summed E-state index contributed by atoms with van der Waals surface area (Å²) in [6, 6.07) is 26.3. The van der Waals surface area contributed by atoms with Gasteiger partial charge in [0.1, 0.15) is 29.8 Å². The minimum Gasteiger partial charge on any atom is -0.490 e. The molecule has 3 aromatic carbocycles. The van der Waals surface area contributed by atoms with E-state index < -0.39 is 12.4 Å². The molecule has 5 heteroatoms. The molecule has 0 bridgehead atoms. The maximum Gasteiger partial charge on any atom is 0.178 e. The Morgan fingerprint density at radius 2 is 1.28 bits per heavy atom. The van der Waals surface area contributed by atoms with E-state index >= 15 is 0 Å². The average Bonchev–Trinajstić information content (AvgIpc) is 3.26. The Labute approximate surface area is 189 Å². The minimum atomic E-state index is -1.50. The Hall–Kier alpha value is -2.86. The third-order valence-corrected chi connectivity index (χ3v) is 5.90. The Morgan fingerprint density at radius 1 is 0.750 bits per heavy atom. The van der Waals surface area contributed by atoms with Gasteiger partial charge in [0.05, 0.1) is 0 Å². The predicted molar refractivity (Wildman–Crippen MR) is 124 cm³/mol. The number of rotatable bonds is 9. The van der Waals surface area contributed by atoms with E-state index in [9.17, 15) is 10.2 Å². The van der Waals surface area contributed by atoms with Crippen molar-refractivity contribution >= 4 is 0 Å². The third kappa shape index (κ3) is 5.88. The molecule has 0 spiro atoms. The van der Waals surface area contributed by atoms with Crippen LogP contribution in [0.5, 0.6) is 11.5 Å². The second kappa shape index (κ2) is 10.6. The number of hydrogen-bond donors (Lipinski definition) is 2. The summed E-state index contributed by atoms with van der Waals surface area (Å²) in [5.74, 6) is 1.70. The first-order chi connectivity index (χ1) is 15.6. The second-order valence-electron chi connectivity index (χ2n) is 8.22. The summed E-state index contributed by atoms with van der Waals surface area (Å²) in [7, 11) is 1.47. The maximum absolute atomic E-state index is 9.31. The first kappa shape index (κ1) is 22.3. The zero-order valence-electron chi connectivity index (χ0n) is 18.3. The van der Waals surface area contributed by atoms with Crippen LogP contribution in [-0.2, 0) is 11.2 Å². The highest BCUT2D eigenvalue weighted by Gasteiger charge is 2.27. The van der Waals surface area contributed by atoms with Gasteiger partial charge < -0.3 is 24.4 Å². The van der Waals surface area contributed by atoms with Crippen LogP contribution >= 0.6 is 0 Å². The molecule has 0 saturated heterocycles. The zero-order chi connectivity index (χ0) is 22.3. The molecule has 0 heterocycles. The third-order valence-electron chi connectivity index (χ3n) is 5.90. The Morgan fingerprint density at radius 3 is 1.81 bits per heavy atom. The van der Waals surface area contributed by atoms with Gasteiger partial charge >= 0.3 is 0 Å². The van der Waals surface area contributed by atoms with Gasteiger partial charge in [-0.25, -0.2) is 0 Å². The summed E-state index contributed by atoms with van der Waals surface area (Å²) in [5, 5.41) is 18.6. The Bertz CT molecular complexity index is 954. The molecule has 0 unspecified atom stereocenters. The fourth-order valence-corrected chi connectivity index (χ4v) is 4.10. The summed E-state index contributed by atoms with van der Waals surface area (Å²) in [4.78, 5) is 0. The van der Waals surface area contributed by atoms with E-state index in [4.69, 9.17) is 14.2 Å². The van der Waals surface area contributed by atoms with Crippen molar-refractivity contribution in [2.24, 2.45) is 0 Å². The molecule has 3 aromatic rings. The highest BCUT2D eigenvalue weighted by Crippen LogP contribution is 2.29. The van der Waals surface area contributed by atoms with Crippen LogP contribution in [0, 0.1) is 0 Å². The van der Waals surface area contributed by atoms with Crippen LogP contribution in [0.4, 0.5) is 0 Å². The summed E-state index contributed by atoms with van der Waals surface area (Å²) in [6.45, 7) is 0. The molecule has 0 amide bonds. The van der Waals surface area contributed by atoms with Gasteiger partial charge in [-0.3, -0.25) is 0 Å². The highest BCUT2D eigenvalue weighted by atomic mass is 16.5. The molecule has 3 atom stereocenters. The van der Waals surface area contributed by atoms with Crippen molar-refractivity contribution in [3.05, 3.63) is 84.4 Å². The van der Waals surface area contributed by atoms with E-state index in [1.54, 1.807) is 0 Å². The van der Waals surface area contributed by atoms with Crippen molar-refractivity contribution in [2.75, 3.05) is 7.11 Å². The van der Waals surface area contributed by atoms with E-state index in [0.29, 0.717) is 6.42 Å². The molecule has 2 N–H and O–H groups in total. The van der Waals surface area contributed by atoms with Crippen LogP contribution in [0.2, 0.25) is 0 Å². The molecule has 1 fully saturated rings. The quantitative estimate of drug-likeness (QED) is 0.482. The lowest BCUT2D eigenvalue weighted by molar-refractivity contribution is -0.133. The Kier molecular flexibility index (Phi) is 7.43. The predicted octanol–water partition coefficient (Wildman–Crippen LogP) is 4.60. The Balaban J connectivity index is 1.27. The van der Waals surface area contributed by atoms with E-state index in [1.807, 2.05) is 54.6 Å². The monoisotopic (exact) mass is 434 g/mol. The normalized spacial score (nSPS) is 19.1. The maximum atomic E-state index is 9.31. The van der Waals surface area contributed by atoms with Crippen molar-refractivity contribution in [3.63, 3.8) is 0 Å². The van der Waals surface area contributed by atoms with Gasteiger partial charge in [0.15, 0.2) is 6.29 Å². The van der Waals surface area contributed by atoms with Gasteiger partial charge in [-0.05, 0) is 53.8 Å². The number of aliphatic hydroxyl groups is 2. The van der Waals surface area contributed by atoms with Crippen molar-refractivity contribution in [3.8, 4) is 22.6 Å². The summed E-state index contributed by atoms with van der Waals surface area (Å²) >= 11 is 0. The highest BCUT2D eigenvalue weighted by molar-refractivity contribution is 5.63. The first-order valence-corrected chi connectivity index (χ1v) is 11.1. The van der Waals surface area contributed by atoms with Crippen molar-refractivity contribution < 1.29 is 24.4 Å². The fraction of sp³-hybridized carbons (Fsp3) is 0.333. The lowest BCUT2D eigenvalue weighted by atomic mass is 10.1. The number of ether oxygens (including phenoxy) is 3. The zero-order valence-corrected chi connectivity index (χ0v) is 18.3. The standard InChI is InChI=1S/C27H30O5/c1-30-26(27(28)29)17-19-7-11-22(12-8-19)31-24-15-16-25(18-24)32-23-13-9-21(10-14-23)20-5-3-2-4-6-20/h2-14,24-29H,15-18H2,1H3/t24-,25-,26-/m0/s1. The molecule has 0 aliphatic heterocycles. The molecule has 4 rings (SSSR count). The van der Waals surface area contributed by atoms with Gasteiger partial charge in [0, 0.05) is 20.0 Å². The largest absolute Gasteiger partial charge is 0.490 e. The van der Waals surface area contributed by atoms with E-state index in [0.717, 1.165) is 36.3 Å². The number of aliphatic hydroxyl groups excluding tert-OH is 1. The molecular weight excluding hydrogens is 404 g/mol. The van der Waals surface area contributed by atoms with Crippen LogP contribution in [-0.4, -0.2) is 41.9 Å². The van der Waals surface area contributed by atoms with Crippen molar-refractivity contribution in [1.82, 2.24) is 0 Å². The molecule has 0 radical (unpaired) electrons. The average molecular weight is 435 g/mol. The summed E-state index contributed by atoms with van der Waals surface area (Å²) in [6.07, 6.45) is 1.33. The van der Waals surface area contributed by atoms with Gasteiger partial charge in [-0.1, -0.05) is 54.6 Å². The first-order valence-electron chi connectivity index (χ1n) is 11.1. The lowest BCUT2D eigenvalue weighted by Crippen LogP contribution is -2.29. The van der Waals surface area contributed by atoms with Crippen LogP contribution in [0.15, 0.2) is 78.9 Å². The van der Waals surface area contributed by atoms with Crippen LogP contribution in [0.1, 0.15) is 24.8 Å². The van der Waals surface area contributed by atoms with Gasteiger partial charge in [0.2, 0.25) is 0 Å². The van der Waals surface area contributed by atoms with Gasteiger partial charge in [-0.15, -0.1) is 0 Å². The molecule has 1 saturated carbocycles. The second-order valence-corrected chi connectivity index (χ2v) is 8.22. The number of benzene rings is 3. The van der Waals surface area contributed by atoms with Crippen LogP contribution < -0.4 is 9.47 Å². The van der Waals surface area contributed by atoms with Crippen LogP contribution in [0.25, 0.3) is 11.1 Å². The SMILES string of the molecule is CO[C@@H](Cc1ccc(O[C@H]2CC[C@H](Oc3ccc(-c4ccccc4)cc3)C2)cc1)C(O)O. The van der Waals surface area contributed by atoms with E-state index in [1.165, 1.54) is 18.2 Å². The van der Waals surface area contributed by atoms with Crippen molar-refractivity contribution in [2.45, 2.75) is 50.3 Å². The van der Waals surface area contributed by atoms with Gasteiger partial charge in [-0.2, -0.15) is 0 Å².